The fourth-order valence-corrected chi connectivity index (χ4v) is 0.641. The first-order valence-corrected chi connectivity index (χ1v) is 3.04. The molecule has 0 saturated heterocycles. The normalized spacial score (nSPS) is 16.8. The van der Waals surface area contributed by atoms with Crippen LogP contribution in [0.15, 0.2) is 0 Å². The SMILES string of the molecule is CCCC(N)(C=O)CO. The quantitative estimate of drug-likeness (QED) is 0.514. The summed E-state index contributed by atoms with van der Waals surface area (Å²) in [7, 11) is 0. The van der Waals surface area contributed by atoms with Crippen molar-refractivity contribution < 1.29 is 9.90 Å². The first-order valence-electron chi connectivity index (χ1n) is 3.04. The molecule has 1 unspecified atom stereocenters. The average Bonchev–Trinajstić information content (AvgIpc) is 1.89. The molecule has 0 heterocycles. The molecule has 1 atom stereocenters. The molecule has 0 aliphatic carbocycles. The molecule has 0 aromatic rings. The Hall–Kier alpha value is -0.410. The van der Waals surface area contributed by atoms with Crippen LogP contribution in [0.5, 0.6) is 0 Å². The molecule has 0 aliphatic heterocycles. The molecule has 54 valence electrons. The Morgan fingerprint density at radius 1 is 1.78 bits per heavy atom. The van der Waals surface area contributed by atoms with E-state index in [9.17, 15) is 4.79 Å². The van der Waals surface area contributed by atoms with E-state index >= 15 is 0 Å². The van der Waals surface area contributed by atoms with Crippen LogP contribution in [0.2, 0.25) is 0 Å². The van der Waals surface area contributed by atoms with Crippen LogP contribution in [-0.2, 0) is 4.79 Å². The van der Waals surface area contributed by atoms with Crippen molar-refractivity contribution in [3.05, 3.63) is 0 Å². The van der Waals surface area contributed by atoms with E-state index in [1.807, 2.05) is 6.92 Å². The van der Waals surface area contributed by atoms with Crippen LogP contribution < -0.4 is 5.73 Å². The van der Waals surface area contributed by atoms with Crippen LogP contribution in [0.4, 0.5) is 0 Å². The van der Waals surface area contributed by atoms with Gasteiger partial charge in [-0.1, -0.05) is 13.3 Å². The fraction of sp³-hybridized carbons (Fsp3) is 0.833. The highest BCUT2D eigenvalue weighted by atomic mass is 16.3. The van der Waals surface area contributed by atoms with E-state index in [0.717, 1.165) is 6.42 Å². The van der Waals surface area contributed by atoms with Crippen LogP contribution >= 0.6 is 0 Å². The van der Waals surface area contributed by atoms with E-state index in [2.05, 4.69) is 0 Å². The predicted molar refractivity (Wildman–Crippen MR) is 35.0 cm³/mol. The number of hydrogen-bond donors (Lipinski definition) is 2. The van der Waals surface area contributed by atoms with Gasteiger partial charge >= 0.3 is 0 Å². The molecular formula is C6H13NO2. The van der Waals surface area contributed by atoms with Crippen LogP contribution in [0, 0.1) is 0 Å². The van der Waals surface area contributed by atoms with Crippen LogP contribution in [0.1, 0.15) is 19.8 Å². The molecule has 0 radical (unpaired) electrons. The van der Waals surface area contributed by atoms with Gasteiger partial charge in [-0.25, -0.2) is 0 Å². The van der Waals surface area contributed by atoms with Crippen LogP contribution in [0.25, 0.3) is 0 Å². The Morgan fingerprint density at radius 2 is 2.33 bits per heavy atom. The summed E-state index contributed by atoms with van der Waals surface area (Å²) in [6, 6.07) is 0. The Bertz CT molecular complexity index is 95.1. The lowest BCUT2D eigenvalue weighted by atomic mass is 9.98. The molecule has 0 rings (SSSR count). The summed E-state index contributed by atoms with van der Waals surface area (Å²) in [5, 5.41) is 8.56. The van der Waals surface area contributed by atoms with Gasteiger partial charge in [0.2, 0.25) is 0 Å². The molecule has 0 fully saturated rings. The summed E-state index contributed by atoms with van der Waals surface area (Å²) >= 11 is 0. The van der Waals surface area contributed by atoms with Crippen molar-refractivity contribution in [2.75, 3.05) is 6.61 Å². The third-order valence-corrected chi connectivity index (χ3v) is 1.24. The van der Waals surface area contributed by atoms with E-state index in [1.165, 1.54) is 0 Å². The van der Waals surface area contributed by atoms with E-state index in [0.29, 0.717) is 12.7 Å². The number of aldehydes is 1. The van der Waals surface area contributed by atoms with E-state index in [-0.39, 0.29) is 6.61 Å². The molecule has 3 nitrogen and oxygen atoms in total. The van der Waals surface area contributed by atoms with Crippen LogP contribution in [-0.4, -0.2) is 23.5 Å². The maximum absolute atomic E-state index is 10.2. The Balaban J connectivity index is 3.76. The highest BCUT2D eigenvalue weighted by molar-refractivity contribution is 5.63. The van der Waals surface area contributed by atoms with Crippen molar-refractivity contribution in [3.8, 4) is 0 Å². The Kier molecular flexibility index (Phi) is 3.42. The zero-order chi connectivity index (χ0) is 7.33. The number of aliphatic hydroxyl groups excluding tert-OH is 1. The molecule has 3 N–H and O–H groups in total. The molecular weight excluding hydrogens is 118 g/mol. The third-order valence-electron chi connectivity index (χ3n) is 1.24. The van der Waals surface area contributed by atoms with Crippen molar-refractivity contribution >= 4 is 6.29 Å². The minimum absolute atomic E-state index is 0.260. The smallest absolute Gasteiger partial charge is 0.142 e. The number of rotatable bonds is 4. The molecule has 0 aromatic heterocycles. The maximum atomic E-state index is 10.2. The second-order valence-electron chi connectivity index (χ2n) is 2.26. The number of carbonyl (C=O) groups is 1. The molecule has 0 bridgehead atoms. The van der Waals surface area contributed by atoms with E-state index in [4.69, 9.17) is 10.8 Å². The van der Waals surface area contributed by atoms with Gasteiger partial charge in [0.1, 0.15) is 6.29 Å². The van der Waals surface area contributed by atoms with Gasteiger partial charge < -0.3 is 15.6 Å². The van der Waals surface area contributed by atoms with Crippen molar-refractivity contribution in [1.29, 1.82) is 0 Å². The summed E-state index contributed by atoms with van der Waals surface area (Å²) in [6.45, 7) is 1.66. The Labute approximate surface area is 54.9 Å². The summed E-state index contributed by atoms with van der Waals surface area (Å²) in [6.07, 6.45) is 1.97. The molecule has 0 aliphatic rings. The van der Waals surface area contributed by atoms with Crippen LogP contribution in [0.3, 0.4) is 0 Å². The van der Waals surface area contributed by atoms with Crippen molar-refractivity contribution in [3.63, 3.8) is 0 Å². The largest absolute Gasteiger partial charge is 0.394 e. The lowest BCUT2D eigenvalue weighted by Gasteiger charge is -2.17. The lowest BCUT2D eigenvalue weighted by Crippen LogP contribution is -2.45. The highest BCUT2D eigenvalue weighted by Gasteiger charge is 2.20. The summed E-state index contributed by atoms with van der Waals surface area (Å²) < 4.78 is 0. The molecule has 3 heteroatoms. The number of carbonyl (C=O) groups excluding carboxylic acids is 1. The highest BCUT2D eigenvalue weighted by Crippen LogP contribution is 2.03. The molecule has 0 saturated carbocycles. The zero-order valence-corrected chi connectivity index (χ0v) is 5.63. The van der Waals surface area contributed by atoms with Gasteiger partial charge in [-0.3, -0.25) is 0 Å². The van der Waals surface area contributed by atoms with Gasteiger partial charge in [0.25, 0.3) is 0 Å². The first-order chi connectivity index (χ1) is 4.18. The number of hydrogen-bond acceptors (Lipinski definition) is 3. The van der Waals surface area contributed by atoms with E-state index < -0.39 is 5.54 Å². The molecule has 0 aromatic carbocycles. The van der Waals surface area contributed by atoms with Crippen molar-refractivity contribution in [1.82, 2.24) is 0 Å². The molecule has 9 heavy (non-hydrogen) atoms. The van der Waals surface area contributed by atoms with Gasteiger partial charge in [0.15, 0.2) is 0 Å². The summed E-state index contributed by atoms with van der Waals surface area (Å²) in [4.78, 5) is 10.2. The van der Waals surface area contributed by atoms with Crippen molar-refractivity contribution in [2.45, 2.75) is 25.3 Å². The molecule has 0 amide bonds. The summed E-state index contributed by atoms with van der Waals surface area (Å²) in [5.74, 6) is 0. The minimum Gasteiger partial charge on any atom is -0.394 e. The number of aliphatic hydroxyl groups is 1. The van der Waals surface area contributed by atoms with Gasteiger partial charge in [-0.2, -0.15) is 0 Å². The second-order valence-corrected chi connectivity index (χ2v) is 2.26. The molecule has 0 spiro atoms. The second kappa shape index (κ2) is 3.58. The first kappa shape index (κ1) is 8.59. The van der Waals surface area contributed by atoms with E-state index in [1.54, 1.807) is 0 Å². The summed E-state index contributed by atoms with van der Waals surface area (Å²) in [5.41, 5.74) is 4.40. The standard InChI is InChI=1S/C6H13NO2/c1-2-3-6(7,4-8)5-9/h4,9H,2-3,5,7H2,1H3. The lowest BCUT2D eigenvalue weighted by molar-refractivity contribution is -0.113. The van der Waals surface area contributed by atoms with Gasteiger partial charge in [-0.15, -0.1) is 0 Å². The monoisotopic (exact) mass is 131 g/mol. The minimum atomic E-state index is -0.991. The van der Waals surface area contributed by atoms with Gasteiger partial charge in [-0.05, 0) is 6.42 Å². The van der Waals surface area contributed by atoms with Crippen molar-refractivity contribution in [2.24, 2.45) is 5.73 Å². The van der Waals surface area contributed by atoms with Gasteiger partial charge in [0, 0.05) is 0 Å². The maximum Gasteiger partial charge on any atom is 0.142 e. The van der Waals surface area contributed by atoms with Gasteiger partial charge in [0.05, 0.1) is 12.1 Å². The zero-order valence-electron chi connectivity index (χ0n) is 5.63. The average molecular weight is 131 g/mol. The predicted octanol–water partition coefficient (Wildman–Crippen LogP) is -0.325. The third kappa shape index (κ3) is 2.58. The fourth-order valence-electron chi connectivity index (χ4n) is 0.641. The topological polar surface area (TPSA) is 63.3 Å². The number of nitrogens with two attached hydrogens (primary N) is 1. The Morgan fingerprint density at radius 3 is 2.44 bits per heavy atom.